The molecule has 1 aliphatic carbocycles. The Morgan fingerprint density at radius 1 is 1.53 bits per heavy atom. The Kier molecular flexibility index (Phi) is 3.12. The number of ether oxygens (including phenoxy) is 1. The number of Topliss-reactive ketones (excluding diaryl/α,β-unsaturated/α-hetero) is 1. The molecule has 15 heavy (non-hydrogen) atoms. The number of likely N-dealkylation sites (N-methyl/N-ethyl adjacent to an activating group) is 1. The lowest BCUT2D eigenvalue weighted by molar-refractivity contribution is -0.156. The number of hydrogen-bond donors (Lipinski definition) is 1. The lowest BCUT2D eigenvalue weighted by atomic mass is 9.70. The number of carbonyl (C=O) groups is 1. The van der Waals surface area contributed by atoms with Gasteiger partial charge in [0.05, 0.1) is 11.6 Å². The zero-order valence-electron chi connectivity index (χ0n) is 9.71. The van der Waals surface area contributed by atoms with E-state index >= 15 is 0 Å². The maximum absolute atomic E-state index is 12.0. The van der Waals surface area contributed by atoms with Crippen LogP contribution < -0.4 is 5.32 Å². The van der Waals surface area contributed by atoms with Crippen LogP contribution in [-0.2, 0) is 9.53 Å². The zero-order chi connectivity index (χ0) is 10.9. The van der Waals surface area contributed by atoms with Gasteiger partial charge in [0.1, 0.15) is 0 Å². The summed E-state index contributed by atoms with van der Waals surface area (Å²) in [5, 5.41) is 3.04. The Labute approximate surface area is 91.6 Å². The molecule has 1 N–H and O–H groups in total. The minimum atomic E-state index is -0.00905. The van der Waals surface area contributed by atoms with E-state index in [-0.39, 0.29) is 17.6 Å². The van der Waals surface area contributed by atoms with Crippen LogP contribution in [0.4, 0.5) is 0 Å². The van der Waals surface area contributed by atoms with Crippen molar-refractivity contribution >= 4 is 5.78 Å². The quantitative estimate of drug-likeness (QED) is 0.769. The van der Waals surface area contributed by atoms with Gasteiger partial charge in [0.25, 0.3) is 0 Å². The fraction of sp³-hybridized carbons (Fsp3) is 0.917. The third kappa shape index (κ3) is 2.08. The van der Waals surface area contributed by atoms with E-state index in [0.29, 0.717) is 5.78 Å². The number of carbonyl (C=O) groups excluding carboxylic acids is 1. The van der Waals surface area contributed by atoms with Crippen LogP contribution in [0, 0.1) is 5.92 Å². The smallest absolute Gasteiger partial charge is 0.152 e. The van der Waals surface area contributed by atoms with Gasteiger partial charge in [-0.2, -0.15) is 0 Å². The van der Waals surface area contributed by atoms with Crippen LogP contribution >= 0.6 is 0 Å². The summed E-state index contributed by atoms with van der Waals surface area (Å²) in [4.78, 5) is 12.0. The van der Waals surface area contributed by atoms with Gasteiger partial charge in [-0.25, -0.2) is 0 Å². The molecule has 1 saturated heterocycles. The Balaban J connectivity index is 1.95. The van der Waals surface area contributed by atoms with E-state index < -0.39 is 0 Å². The molecule has 86 valence electrons. The molecule has 2 fully saturated rings. The van der Waals surface area contributed by atoms with E-state index in [1.807, 2.05) is 14.0 Å². The first-order valence-electron chi connectivity index (χ1n) is 6.02. The topological polar surface area (TPSA) is 38.3 Å². The zero-order valence-corrected chi connectivity index (χ0v) is 9.71. The third-order valence-corrected chi connectivity index (χ3v) is 4.02. The summed E-state index contributed by atoms with van der Waals surface area (Å²) in [7, 11) is 1.85. The highest BCUT2D eigenvalue weighted by Gasteiger charge is 2.44. The molecule has 1 heterocycles. The minimum Gasteiger partial charge on any atom is -0.375 e. The van der Waals surface area contributed by atoms with Gasteiger partial charge in [0.15, 0.2) is 5.78 Å². The van der Waals surface area contributed by atoms with Crippen molar-refractivity contribution in [3.8, 4) is 0 Å². The molecule has 1 aliphatic heterocycles. The van der Waals surface area contributed by atoms with Crippen molar-refractivity contribution in [1.29, 1.82) is 0 Å². The molecular weight excluding hydrogens is 190 g/mol. The average Bonchev–Trinajstić information content (AvgIpc) is 2.25. The SMILES string of the molecule is CN[C@@H](C)C(=O)C1CCOC2(CCC2)C1. The van der Waals surface area contributed by atoms with Crippen LogP contribution in [0.1, 0.15) is 39.0 Å². The van der Waals surface area contributed by atoms with E-state index in [1.165, 1.54) is 6.42 Å². The molecule has 0 aromatic heterocycles. The molecule has 1 saturated carbocycles. The van der Waals surface area contributed by atoms with Crippen molar-refractivity contribution in [3.63, 3.8) is 0 Å². The maximum atomic E-state index is 12.0. The fourth-order valence-corrected chi connectivity index (χ4v) is 2.69. The van der Waals surface area contributed by atoms with Crippen molar-refractivity contribution in [2.24, 2.45) is 5.92 Å². The molecule has 0 bridgehead atoms. The van der Waals surface area contributed by atoms with Crippen molar-refractivity contribution in [2.75, 3.05) is 13.7 Å². The molecule has 3 heteroatoms. The van der Waals surface area contributed by atoms with Crippen molar-refractivity contribution in [1.82, 2.24) is 5.32 Å². The molecule has 1 spiro atoms. The highest BCUT2D eigenvalue weighted by atomic mass is 16.5. The van der Waals surface area contributed by atoms with Crippen LogP contribution in [0.25, 0.3) is 0 Å². The molecule has 3 nitrogen and oxygen atoms in total. The van der Waals surface area contributed by atoms with Gasteiger partial charge >= 0.3 is 0 Å². The van der Waals surface area contributed by atoms with Gasteiger partial charge < -0.3 is 10.1 Å². The summed E-state index contributed by atoms with van der Waals surface area (Å²) in [6, 6.07) is -0.00905. The number of rotatable bonds is 3. The van der Waals surface area contributed by atoms with Crippen LogP contribution in [0.3, 0.4) is 0 Å². The summed E-state index contributed by atoms with van der Waals surface area (Å²) < 4.78 is 5.82. The normalized spacial score (nSPS) is 30.9. The van der Waals surface area contributed by atoms with Crippen molar-refractivity contribution < 1.29 is 9.53 Å². The molecule has 0 aromatic carbocycles. The van der Waals surface area contributed by atoms with Crippen LogP contribution in [0.2, 0.25) is 0 Å². The Morgan fingerprint density at radius 3 is 2.80 bits per heavy atom. The van der Waals surface area contributed by atoms with Gasteiger partial charge in [0, 0.05) is 12.5 Å². The number of hydrogen-bond acceptors (Lipinski definition) is 3. The number of ketones is 1. The van der Waals surface area contributed by atoms with E-state index in [2.05, 4.69) is 5.32 Å². The van der Waals surface area contributed by atoms with Gasteiger partial charge in [-0.3, -0.25) is 4.79 Å². The summed E-state index contributed by atoms with van der Waals surface area (Å²) in [6.45, 7) is 2.72. The van der Waals surface area contributed by atoms with Gasteiger partial charge in [0.2, 0.25) is 0 Å². The predicted octanol–water partition coefficient (Wildman–Crippen LogP) is 1.51. The predicted molar refractivity (Wildman–Crippen MR) is 58.8 cm³/mol. The molecular formula is C12H21NO2. The minimum absolute atomic E-state index is 0.00905. The monoisotopic (exact) mass is 211 g/mol. The third-order valence-electron chi connectivity index (χ3n) is 4.02. The van der Waals surface area contributed by atoms with E-state index in [4.69, 9.17) is 4.74 Å². The van der Waals surface area contributed by atoms with Crippen molar-refractivity contribution in [2.45, 2.75) is 50.7 Å². The fourth-order valence-electron chi connectivity index (χ4n) is 2.69. The molecule has 1 unspecified atom stereocenters. The lowest BCUT2D eigenvalue weighted by Gasteiger charge is -2.47. The van der Waals surface area contributed by atoms with E-state index in [0.717, 1.165) is 32.3 Å². The second-order valence-electron chi connectivity index (χ2n) is 4.99. The molecule has 0 amide bonds. The summed E-state index contributed by atoms with van der Waals surface area (Å²) in [6.07, 6.45) is 5.45. The van der Waals surface area contributed by atoms with Crippen molar-refractivity contribution in [3.05, 3.63) is 0 Å². The maximum Gasteiger partial charge on any atom is 0.152 e. The highest BCUT2D eigenvalue weighted by Crippen LogP contribution is 2.44. The van der Waals surface area contributed by atoms with Gasteiger partial charge in [-0.15, -0.1) is 0 Å². The van der Waals surface area contributed by atoms with Crippen LogP contribution in [0.15, 0.2) is 0 Å². The first-order chi connectivity index (χ1) is 7.17. The van der Waals surface area contributed by atoms with E-state index in [9.17, 15) is 4.79 Å². The molecule has 0 radical (unpaired) electrons. The van der Waals surface area contributed by atoms with Crippen LogP contribution in [-0.4, -0.2) is 31.1 Å². The van der Waals surface area contributed by atoms with Crippen LogP contribution in [0.5, 0.6) is 0 Å². The average molecular weight is 211 g/mol. The molecule has 2 atom stereocenters. The summed E-state index contributed by atoms with van der Waals surface area (Å²) >= 11 is 0. The lowest BCUT2D eigenvalue weighted by Crippen LogP contribution is -2.49. The molecule has 2 aliphatic rings. The second-order valence-corrected chi connectivity index (χ2v) is 4.99. The highest BCUT2D eigenvalue weighted by molar-refractivity contribution is 5.86. The first kappa shape index (κ1) is 11.1. The summed E-state index contributed by atoms with van der Waals surface area (Å²) in [5.41, 5.74) is 0.0893. The Hall–Kier alpha value is -0.410. The second kappa shape index (κ2) is 4.22. The van der Waals surface area contributed by atoms with E-state index in [1.54, 1.807) is 0 Å². The first-order valence-corrected chi connectivity index (χ1v) is 6.02. The standard InChI is InChI=1S/C12H21NO2/c1-9(13-2)11(14)10-4-7-15-12(8-10)5-3-6-12/h9-10,13H,3-8H2,1-2H3/t9-,10?/m0/s1. The Morgan fingerprint density at radius 2 is 2.27 bits per heavy atom. The summed E-state index contributed by atoms with van der Waals surface area (Å²) in [5.74, 6) is 0.591. The molecule has 0 aromatic rings. The number of nitrogens with one attached hydrogen (secondary N) is 1. The molecule has 2 rings (SSSR count). The Bertz CT molecular complexity index is 248. The largest absolute Gasteiger partial charge is 0.375 e. The van der Waals surface area contributed by atoms with Gasteiger partial charge in [-0.1, -0.05) is 0 Å². The van der Waals surface area contributed by atoms with Gasteiger partial charge in [-0.05, 0) is 46.1 Å².